The maximum Gasteiger partial charge on any atom is 0.267 e. The molecule has 0 spiro atoms. The Hall–Kier alpha value is -3.01. The number of rotatable bonds is 5. The largest absolute Gasteiger partial charge is 0.400 e. The van der Waals surface area contributed by atoms with E-state index in [0.29, 0.717) is 37.2 Å². The van der Waals surface area contributed by atoms with Gasteiger partial charge < -0.3 is 18.6 Å². The summed E-state index contributed by atoms with van der Waals surface area (Å²) in [6, 6.07) is 15.0. The van der Waals surface area contributed by atoms with Gasteiger partial charge in [-0.1, -0.05) is 12.1 Å². The number of hydrogen-bond donors (Lipinski definition) is 0. The summed E-state index contributed by atoms with van der Waals surface area (Å²) in [6.07, 6.45) is 1.57. The molecule has 0 radical (unpaired) electrons. The molecule has 8 nitrogen and oxygen atoms in total. The summed E-state index contributed by atoms with van der Waals surface area (Å²) in [6.45, 7) is 2.54. The van der Waals surface area contributed by atoms with Crippen LogP contribution in [0.25, 0.3) is 0 Å². The summed E-state index contributed by atoms with van der Waals surface area (Å²) in [4.78, 5) is 40.1. The number of benzene rings is 2. The lowest BCUT2D eigenvalue weighted by Crippen LogP contribution is -2.43. The van der Waals surface area contributed by atoms with Crippen LogP contribution in [-0.4, -0.2) is 71.5 Å². The van der Waals surface area contributed by atoms with Gasteiger partial charge in [-0.25, -0.2) is 0 Å². The molecule has 0 bridgehead atoms. The summed E-state index contributed by atoms with van der Waals surface area (Å²) in [7, 11) is -0.945. The molecule has 2 aromatic rings. The Morgan fingerprint density at radius 1 is 0.906 bits per heavy atom. The third-order valence-corrected chi connectivity index (χ3v) is 7.87. The third kappa shape index (κ3) is 3.94. The van der Waals surface area contributed by atoms with Crippen LogP contribution in [0.2, 0.25) is 0 Å². The summed E-state index contributed by atoms with van der Waals surface area (Å²) >= 11 is 0. The van der Waals surface area contributed by atoms with Crippen molar-refractivity contribution in [2.75, 3.05) is 42.3 Å². The van der Waals surface area contributed by atoms with Gasteiger partial charge in [-0.05, 0) is 49.2 Å². The average Bonchev–Trinajstić information content (AvgIpc) is 3.08. The van der Waals surface area contributed by atoms with E-state index >= 15 is 0 Å². The van der Waals surface area contributed by atoms with E-state index in [-0.39, 0.29) is 30.4 Å². The zero-order chi connectivity index (χ0) is 22.1. The Labute approximate surface area is 188 Å². The highest BCUT2D eigenvalue weighted by Crippen LogP contribution is 2.26. The quantitative estimate of drug-likeness (QED) is 0.504. The van der Waals surface area contributed by atoms with Crippen LogP contribution in [0.1, 0.15) is 33.6 Å². The van der Waals surface area contributed by atoms with Gasteiger partial charge in [0.15, 0.2) is 0 Å². The predicted octanol–water partition coefficient (Wildman–Crippen LogP) is 1.33. The van der Waals surface area contributed by atoms with Gasteiger partial charge in [-0.15, -0.1) is 0 Å². The van der Waals surface area contributed by atoms with E-state index in [9.17, 15) is 14.4 Å². The van der Waals surface area contributed by atoms with Gasteiger partial charge in [0, 0.05) is 37.1 Å². The van der Waals surface area contributed by atoms with Crippen LogP contribution in [-0.2, 0) is 14.0 Å². The molecule has 1 unspecified atom stereocenters. The average molecular weight is 452 g/mol. The Kier molecular flexibility index (Phi) is 5.77. The fraction of sp³-hybridized carbons (Fsp3) is 0.348. The van der Waals surface area contributed by atoms with Crippen molar-refractivity contribution < 1.29 is 23.5 Å². The molecular weight excluding hydrogens is 426 g/mol. The molecule has 3 heterocycles. The fourth-order valence-electron chi connectivity index (χ4n) is 4.42. The number of carbonyl (C=O) groups excluding carboxylic acids is 3. The molecule has 3 aliphatic heterocycles. The second-order valence-electron chi connectivity index (χ2n) is 8.18. The molecule has 1 atom stereocenters. The monoisotopic (exact) mass is 451 g/mol. The van der Waals surface area contributed by atoms with Crippen LogP contribution in [0.4, 0.5) is 11.4 Å². The van der Waals surface area contributed by atoms with Gasteiger partial charge in [0.1, 0.15) is 6.61 Å². The molecule has 0 N–H and O–H groups in total. The van der Waals surface area contributed by atoms with Gasteiger partial charge in [0.25, 0.3) is 27.6 Å². The van der Waals surface area contributed by atoms with Crippen LogP contribution in [0.3, 0.4) is 0 Å². The second-order valence-corrected chi connectivity index (χ2v) is 9.54. The number of ether oxygens (including phenoxy) is 1. The molecule has 166 valence electrons. The molecule has 0 aromatic heterocycles. The molecule has 9 heteroatoms. The highest BCUT2D eigenvalue weighted by Gasteiger charge is 2.35. The van der Waals surface area contributed by atoms with Crippen molar-refractivity contribution >= 4 is 39.0 Å². The minimum Gasteiger partial charge on any atom is -0.400 e. The topological polar surface area (TPSA) is 79.4 Å². The lowest BCUT2D eigenvalue weighted by Gasteiger charge is -2.34. The number of imide groups is 1. The van der Waals surface area contributed by atoms with Gasteiger partial charge in [-0.3, -0.25) is 19.3 Å². The van der Waals surface area contributed by atoms with Crippen molar-refractivity contribution in [3.8, 4) is 0 Å². The predicted molar refractivity (Wildman–Crippen MR) is 121 cm³/mol. The first-order chi connectivity index (χ1) is 15.6. The lowest BCUT2D eigenvalue weighted by molar-refractivity contribution is -0.125. The number of carbonyl (C=O) groups is 3. The fourth-order valence-corrected chi connectivity index (χ4v) is 5.82. The number of amides is 3. The number of anilines is 2. The molecule has 3 aliphatic rings. The molecule has 5 rings (SSSR count). The summed E-state index contributed by atoms with van der Waals surface area (Å²) in [5.41, 5.74) is 2.97. The Balaban J connectivity index is 1.13. The first-order valence-electron chi connectivity index (χ1n) is 10.9. The first kappa shape index (κ1) is 20.9. The number of hydrogen-bond acceptors (Lipinski definition) is 6. The minimum absolute atomic E-state index is 0.0133. The lowest BCUT2D eigenvalue weighted by atomic mass is 10.1. The Morgan fingerprint density at radius 3 is 2.22 bits per heavy atom. The van der Waals surface area contributed by atoms with E-state index in [1.807, 2.05) is 24.3 Å². The molecule has 32 heavy (non-hydrogen) atoms. The maximum atomic E-state index is 12.5. The summed E-state index contributed by atoms with van der Waals surface area (Å²) < 4.78 is 13.6. The molecule has 2 fully saturated rings. The standard InChI is InChI=1S/C23H25N3O5Si/c27-21-15-30-14-13-24(21)16-5-7-17(8-6-16)26-12-10-18(31-32-26)9-11-25-22(28)19-3-1-2-4-20(19)23(25)29/h1-8,18H,9-15,32H2. The maximum absolute atomic E-state index is 12.5. The van der Waals surface area contributed by atoms with Crippen LogP contribution >= 0.6 is 0 Å². The molecule has 2 saturated heterocycles. The van der Waals surface area contributed by atoms with E-state index < -0.39 is 9.92 Å². The van der Waals surface area contributed by atoms with E-state index in [1.54, 1.807) is 29.2 Å². The minimum atomic E-state index is -0.945. The number of morpholine rings is 1. The van der Waals surface area contributed by atoms with Crippen molar-refractivity contribution in [3.63, 3.8) is 0 Å². The molecule has 0 saturated carbocycles. The molecule has 0 aliphatic carbocycles. The zero-order valence-corrected chi connectivity index (χ0v) is 19.2. The summed E-state index contributed by atoms with van der Waals surface area (Å²) in [5, 5.41) is 0. The van der Waals surface area contributed by atoms with E-state index in [4.69, 9.17) is 9.16 Å². The van der Waals surface area contributed by atoms with Crippen LogP contribution < -0.4 is 9.47 Å². The Bertz CT molecular complexity index is 1000. The van der Waals surface area contributed by atoms with Crippen LogP contribution in [0.15, 0.2) is 48.5 Å². The molecular formula is C23H25N3O5Si. The summed E-state index contributed by atoms with van der Waals surface area (Å²) in [5.74, 6) is -0.432. The van der Waals surface area contributed by atoms with Crippen molar-refractivity contribution in [3.05, 3.63) is 59.7 Å². The van der Waals surface area contributed by atoms with Gasteiger partial charge >= 0.3 is 0 Å². The normalized spacial score (nSPS) is 22.1. The smallest absolute Gasteiger partial charge is 0.267 e. The molecule has 3 amide bonds. The number of nitrogens with zero attached hydrogens (tertiary/aromatic N) is 3. The second kappa shape index (κ2) is 8.85. The SMILES string of the molecule is O=C1c2ccccc2C(=O)N1CCC1CCN(c2ccc(N3CCOCC3=O)cc2)[SiH2]O1. The van der Waals surface area contributed by atoms with Gasteiger partial charge in [0.05, 0.1) is 17.7 Å². The van der Waals surface area contributed by atoms with Crippen LogP contribution in [0.5, 0.6) is 0 Å². The van der Waals surface area contributed by atoms with Crippen molar-refractivity contribution in [2.45, 2.75) is 18.9 Å². The Morgan fingerprint density at radius 2 is 1.59 bits per heavy atom. The first-order valence-corrected chi connectivity index (χ1v) is 12.1. The van der Waals surface area contributed by atoms with E-state index in [1.165, 1.54) is 4.90 Å². The van der Waals surface area contributed by atoms with E-state index in [0.717, 1.165) is 24.3 Å². The number of fused-ring (bicyclic) bond motifs is 1. The third-order valence-electron chi connectivity index (χ3n) is 6.25. The van der Waals surface area contributed by atoms with E-state index in [2.05, 4.69) is 4.57 Å². The van der Waals surface area contributed by atoms with Gasteiger partial charge in [0.2, 0.25) is 0 Å². The highest BCUT2D eigenvalue weighted by atomic mass is 28.2. The van der Waals surface area contributed by atoms with Crippen LogP contribution in [0, 0.1) is 0 Å². The van der Waals surface area contributed by atoms with Crippen molar-refractivity contribution in [2.24, 2.45) is 0 Å². The zero-order valence-electron chi connectivity index (χ0n) is 17.7. The van der Waals surface area contributed by atoms with Crippen molar-refractivity contribution in [1.82, 2.24) is 4.90 Å². The molecule has 2 aromatic carbocycles. The highest BCUT2D eigenvalue weighted by molar-refractivity contribution is 6.34. The van der Waals surface area contributed by atoms with Gasteiger partial charge in [-0.2, -0.15) is 0 Å². The van der Waals surface area contributed by atoms with Crippen molar-refractivity contribution in [1.29, 1.82) is 0 Å².